The standard InChI is InChI=1S/C24H21ClF3NO6/c1-23(2)10-17(30)13(18(31)11-23)9-14(20(32)19-4-3-7-35-19)21(33)22(34)29-16-8-12(24(26,27)28)5-6-15(16)25/h3-8,13-14H,9-11H2,1-2H3,(H,29,34)/t14-/m1/s1. The van der Waals surface area contributed by atoms with Crippen LogP contribution in [0.3, 0.4) is 0 Å². The molecule has 0 unspecified atom stereocenters. The van der Waals surface area contributed by atoms with Crippen LogP contribution < -0.4 is 5.32 Å². The summed E-state index contributed by atoms with van der Waals surface area (Å²) in [5.74, 6) is -7.95. The Morgan fingerprint density at radius 2 is 1.77 bits per heavy atom. The Labute approximate surface area is 203 Å². The fourth-order valence-electron chi connectivity index (χ4n) is 3.99. The van der Waals surface area contributed by atoms with Crippen LogP contribution >= 0.6 is 11.6 Å². The van der Waals surface area contributed by atoms with Gasteiger partial charge >= 0.3 is 6.18 Å². The molecule has 0 saturated heterocycles. The number of anilines is 1. The summed E-state index contributed by atoms with van der Waals surface area (Å²) in [5.41, 5.74) is -2.18. The zero-order chi connectivity index (χ0) is 26.1. The van der Waals surface area contributed by atoms with Crippen LogP contribution in [0, 0.1) is 17.3 Å². The highest BCUT2D eigenvalue weighted by molar-refractivity contribution is 6.46. The minimum atomic E-state index is -4.73. The van der Waals surface area contributed by atoms with Crippen molar-refractivity contribution in [3.63, 3.8) is 0 Å². The second kappa shape index (κ2) is 9.77. The molecule has 0 spiro atoms. The van der Waals surface area contributed by atoms with Crippen molar-refractivity contribution in [3.8, 4) is 0 Å². The smallest absolute Gasteiger partial charge is 0.416 e. The van der Waals surface area contributed by atoms with Crippen molar-refractivity contribution in [1.29, 1.82) is 0 Å². The Bertz CT molecular complexity index is 1170. The van der Waals surface area contributed by atoms with Gasteiger partial charge in [0.1, 0.15) is 11.6 Å². The summed E-state index contributed by atoms with van der Waals surface area (Å²) in [6, 6.07) is 4.77. The Morgan fingerprint density at radius 1 is 1.14 bits per heavy atom. The highest BCUT2D eigenvalue weighted by Crippen LogP contribution is 2.37. The monoisotopic (exact) mass is 511 g/mol. The fourth-order valence-corrected chi connectivity index (χ4v) is 4.16. The molecule has 1 saturated carbocycles. The Balaban J connectivity index is 1.89. The number of ketones is 4. The van der Waals surface area contributed by atoms with Gasteiger partial charge in [-0.3, -0.25) is 24.0 Å². The molecule has 0 aliphatic heterocycles. The van der Waals surface area contributed by atoms with Gasteiger partial charge in [0.15, 0.2) is 5.76 Å². The predicted octanol–water partition coefficient (Wildman–Crippen LogP) is 4.92. The molecule has 1 aromatic carbocycles. The fraction of sp³-hybridized carbons (Fsp3) is 0.375. The van der Waals surface area contributed by atoms with E-state index in [1.54, 1.807) is 13.8 Å². The molecule has 11 heteroatoms. The van der Waals surface area contributed by atoms with Gasteiger partial charge in [-0.25, -0.2) is 0 Å². The first-order valence-corrected chi connectivity index (χ1v) is 10.9. The van der Waals surface area contributed by atoms with Gasteiger partial charge in [-0.05, 0) is 42.2 Å². The zero-order valence-electron chi connectivity index (χ0n) is 18.7. The molecular formula is C24H21ClF3NO6. The van der Waals surface area contributed by atoms with Crippen LogP contribution in [-0.4, -0.2) is 29.0 Å². The van der Waals surface area contributed by atoms with Crippen LogP contribution in [0.15, 0.2) is 41.0 Å². The van der Waals surface area contributed by atoms with Gasteiger partial charge < -0.3 is 9.73 Å². The molecule has 1 fully saturated rings. The number of Topliss-reactive ketones (excluding diaryl/α,β-unsaturated/α-hetero) is 4. The quantitative estimate of drug-likeness (QED) is 0.321. The van der Waals surface area contributed by atoms with Crippen molar-refractivity contribution in [3.05, 3.63) is 52.9 Å². The van der Waals surface area contributed by atoms with Crippen molar-refractivity contribution in [2.75, 3.05) is 5.32 Å². The second-order valence-electron chi connectivity index (χ2n) is 9.14. The molecule has 0 bridgehead atoms. The number of halogens is 4. The van der Waals surface area contributed by atoms with Gasteiger partial charge in [0.05, 0.1) is 34.4 Å². The van der Waals surface area contributed by atoms with Crippen LogP contribution in [0.2, 0.25) is 5.02 Å². The summed E-state index contributed by atoms with van der Waals surface area (Å²) >= 11 is 5.87. The number of carbonyl (C=O) groups excluding carboxylic acids is 5. The lowest BCUT2D eigenvalue weighted by Gasteiger charge is -2.32. The number of hydrogen-bond donors (Lipinski definition) is 1. The predicted molar refractivity (Wildman–Crippen MR) is 118 cm³/mol. The molecule has 3 rings (SSSR count). The van der Waals surface area contributed by atoms with Crippen molar-refractivity contribution in [1.82, 2.24) is 0 Å². The molecular weight excluding hydrogens is 491 g/mol. The van der Waals surface area contributed by atoms with E-state index in [1.807, 2.05) is 5.32 Å². The van der Waals surface area contributed by atoms with E-state index in [2.05, 4.69) is 0 Å². The maximum Gasteiger partial charge on any atom is 0.416 e. The summed E-state index contributed by atoms with van der Waals surface area (Å²) in [7, 11) is 0. The first-order chi connectivity index (χ1) is 16.2. The number of alkyl halides is 3. The largest absolute Gasteiger partial charge is 0.461 e. The zero-order valence-corrected chi connectivity index (χ0v) is 19.5. The highest BCUT2D eigenvalue weighted by atomic mass is 35.5. The normalized spacial score (nSPS) is 17.2. The van der Waals surface area contributed by atoms with E-state index in [9.17, 15) is 37.1 Å². The van der Waals surface area contributed by atoms with E-state index in [1.165, 1.54) is 12.1 Å². The van der Waals surface area contributed by atoms with Crippen molar-refractivity contribution in [2.45, 2.75) is 39.3 Å². The summed E-state index contributed by atoms with van der Waals surface area (Å²) in [4.78, 5) is 64.0. The van der Waals surface area contributed by atoms with E-state index in [-0.39, 0.29) is 23.6 Å². The lowest BCUT2D eigenvalue weighted by atomic mass is 9.68. The van der Waals surface area contributed by atoms with Gasteiger partial charge in [0, 0.05) is 12.8 Å². The molecule has 1 atom stereocenters. The van der Waals surface area contributed by atoms with E-state index in [4.69, 9.17) is 16.0 Å². The van der Waals surface area contributed by atoms with E-state index in [0.717, 1.165) is 12.3 Å². The molecule has 1 heterocycles. The molecule has 186 valence electrons. The van der Waals surface area contributed by atoms with Crippen LogP contribution in [0.1, 0.15) is 49.2 Å². The Hall–Kier alpha value is -3.27. The lowest BCUT2D eigenvalue weighted by molar-refractivity contribution is -0.142. The molecule has 1 aliphatic rings. The second-order valence-corrected chi connectivity index (χ2v) is 9.55. The van der Waals surface area contributed by atoms with Gasteiger partial charge in [-0.2, -0.15) is 13.2 Å². The van der Waals surface area contributed by atoms with Gasteiger partial charge in [-0.15, -0.1) is 0 Å². The van der Waals surface area contributed by atoms with Crippen LogP contribution in [0.4, 0.5) is 18.9 Å². The molecule has 1 aliphatic carbocycles. The number of amides is 1. The number of rotatable bonds is 7. The summed E-state index contributed by atoms with van der Waals surface area (Å²) < 4.78 is 44.1. The van der Waals surface area contributed by atoms with Crippen molar-refractivity contribution in [2.24, 2.45) is 17.3 Å². The van der Waals surface area contributed by atoms with E-state index in [0.29, 0.717) is 12.1 Å². The Morgan fingerprint density at radius 3 is 2.31 bits per heavy atom. The number of furan rings is 1. The SMILES string of the molecule is CC1(C)CC(=O)C(C[C@@H](C(=O)C(=O)Nc2cc(C(F)(F)F)ccc2Cl)C(=O)c2ccco2)C(=O)C1. The van der Waals surface area contributed by atoms with Gasteiger partial charge in [0.2, 0.25) is 11.6 Å². The highest BCUT2D eigenvalue weighted by Gasteiger charge is 2.44. The lowest BCUT2D eigenvalue weighted by Crippen LogP contribution is -2.42. The minimum Gasteiger partial charge on any atom is -0.461 e. The molecule has 7 nitrogen and oxygen atoms in total. The number of hydrogen-bond acceptors (Lipinski definition) is 6. The minimum absolute atomic E-state index is 0.0469. The molecule has 1 N–H and O–H groups in total. The third-order valence-corrected chi connectivity index (χ3v) is 6.05. The van der Waals surface area contributed by atoms with Gasteiger partial charge in [-0.1, -0.05) is 25.4 Å². The number of carbonyl (C=O) groups is 5. The van der Waals surface area contributed by atoms with Crippen LogP contribution in [0.5, 0.6) is 0 Å². The summed E-state index contributed by atoms with van der Waals surface area (Å²) in [6.07, 6.45) is -4.04. The molecule has 0 radical (unpaired) electrons. The topological polar surface area (TPSA) is 111 Å². The first kappa shape index (κ1) is 26.3. The molecule has 1 amide bonds. The third kappa shape index (κ3) is 6.05. The number of benzene rings is 1. The van der Waals surface area contributed by atoms with E-state index < -0.39 is 70.1 Å². The third-order valence-electron chi connectivity index (χ3n) is 5.72. The average molecular weight is 512 g/mol. The number of nitrogens with one attached hydrogen (secondary N) is 1. The van der Waals surface area contributed by atoms with Crippen molar-refractivity contribution < 1.29 is 41.6 Å². The van der Waals surface area contributed by atoms with Crippen LogP contribution in [-0.2, 0) is 25.4 Å². The first-order valence-electron chi connectivity index (χ1n) is 10.5. The van der Waals surface area contributed by atoms with Crippen LogP contribution in [0.25, 0.3) is 0 Å². The average Bonchev–Trinajstić information content (AvgIpc) is 3.27. The molecule has 1 aromatic heterocycles. The van der Waals surface area contributed by atoms with Gasteiger partial charge in [0.25, 0.3) is 5.91 Å². The molecule has 2 aromatic rings. The summed E-state index contributed by atoms with van der Waals surface area (Å²) in [6.45, 7) is 3.48. The maximum atomic E-state index is 13.0. The molecule has 35 heavy (non-hydrogen) atoms. The maximum absolute atomic E-state index is 13.0. The Kier molecular flexibility index (Phi) is 7.35. The summed E-state index contributed by atoms with van der Waals surface area (Å²) in [5, 5.41) is 1.73. The van der Waals surface area contributed by atoms with E-state index >= 15 is 0 Å². The van der Waals surface area contributed by atoms with Crippen molar-refractivity contribution >= 4 is 46.3 Å².